The highest BCUT2D eigenvalue weighted by atomic mass is 16.5. The average Bonchev–Trinajstić information content (AvgIpc) is 3.21. The number of hydrogen-bond donors (Lipinski definition) is 1. The lowest BCUT2D eigenvalue weighted by atomic mass is 9.78. The van der Waals surface area contributed by atoms with Gasteiger partial charge in [-0.25, -0.2) is 4.79 Å². The monoisotopic (exact) mass is 420 g/mol. The first-order valence-electron chi connectivity index (χ1n) is 10.3. The van der Waals surface area contributed by atoms with Crippen LogP contribution in [0.4, 0.5) is 0 Å². The molecule has 0 unspecified atom stereocenters. The molecule has 2 aromatic carbocycles. The first-order chi connectivity index (χ1) is 15.0. The molecule has 0 spiro atoms. The van der Waals surface area contributed by atoms with Gasteiger partial charge in [-0.2, -0.15) is 5.26 Å². The molecular formula is C24H24N2O5. The Kier molecular flexibility index (Phi) is 5.92. The molecular weight excluding hydrogens is 396 g/mol. The molecule has 2 aliphatic rings. The van der Waals surface area contributed by atoms with Crippen molar-refractivity contribution in [2.24, 2.45) is 11.8 Å². The number of nitrogens with zero attached hydrogens (tertiary/aromatic N) is 2. The van der Waals surface area contributed by atoms with Gasteiger partial charge in [-0.15, -0.1) is 0 Å². The largest absolute Gasteiger partial charge is 0.488 e. The zero-order chi connectivity index (χ0) is 22.0. The molecule has 1 aliphatic carbocycles. The van der Waals surface area contributed by atoms with Gasteiger partial charge in [0.2, 0.25) is 0 Å². The van der Waals surface area contributed by atoms with Crippen molar-refractivity contribution < 1.29 is 24.2 Å². The van der Waals surface area contributed by atoms with Crippen LogP contribution in [0.1, 0.15) is 39.1 Å². The van der Waals surface area contributed by atoms with E-state index in [9.17, 15) is 14.7 Å². The van der Waals surface area contributed by atoms with Gasteiger partial charge in [0.15, 0.2) is 0 Å². The Balaban J connectivity index is 1.41. The van der Waals surface area contributed by atoms with E-state index >= 15 is 0 Å². The fourth-order valence-corrected chi connectivity index (χ4v) is 4.54. The van der Waals surface area contributed by atoms with E-state index in [0.29, 0.717) is 48.4 Å². The third-order valence-corrected chi connectivity index (χ3v) is 6.18. The summed E-state index contributed by atoms with van der Waals surface area (Å²) < 4.78 is 10.8. The molecule has 4 atom stereocenters. The highest BCUT2D eigenvalue weighted by molar-refractivity contribution is 5.94. The summed E-state index contributed by atoms with van der Waals surface area (Å²) in [6.45, 7) is 1.21. The van der Waals surface area contributed by atoms with E-state index in [-0.39, 0.29) is 17.7 Å². The topological polar surface area (TPSA) is 99.9 Å². The van der Waals surface area contributed by atoms with E-state index in [2.05, 4.69) is 6.07 Å². The fraction of sp³-hybridized carbons (Fsp3) is 0.375. The summed E-state index contributed by atoms with van der Waals surface area (Å²) >= 11 is 0. The normalized spacial score (nSPS) is 24.7. The average molecular weight is 420 g/mol. The van der Waals surface area contributed by atoms with Crippen LogP contribution in [0.3, 0.4) is 0 Å². The Morgan fingerprint density at radius 3 is 2.45 bits per heavy atom. The van der Waals surface area contributed by atoms with Crippen LogP contribution < -0.4 is 4.74 Å². The molecule has 0 aromatic heterocycles. The molecule has 31 heavy (non-hydrogen) atoms. The van der Waals surface area contributed by atoms with E-state index in [1.165, 1.54) is 7.11 Å². The van der Waals surface area contributed by atoms with Crippen LogP contribution in [-0.2, 0) is 4.74 Å². The zero-order valence-electron chi connectivity index (χ0n) is 17.2. The number of aliphatic hydroxyl groups excluding tert-OH is 1. The molecule has 160 valence electrons. The number of fused-ring (bicyclic) bond motifs is 1. The molecule has 7 heteroatoms. The van der Waals surface area contributed by atoms with Crippen LogP contribution in [0.25, 0.3) is 0 Å². The first kappa shape index (κ1) is 20.9. The van der Waals surface area contributed by atoms with E-state index in [1.54, 1.807) is 48.5 Å². The maximum atomic E-state index is 12.9. The van der Waals surface area contributed by atoms with Gasteiger partial charge in [0.1, 0.15) is 11.9 Å². The summed E-state index contributed by atoms with van der Waals surface area (Å²) in [5, 5.41) is 19.6. The molecule has 2 fully saturated rings. The molecule has 4 rings (SSSR count). The number of esters is 1. The summed E-state index contributed by atoms with van der Waals surface area (Å²) in [4.78, 5) is 26.4. The van der Waals surface area contributed by atoms with Gasteiger partial charge in [-0.1, -0.05) is 6.07 Å². The molecule has 1 amide bonds. The number of likely N-dealkylation sites (tertiary alicyclic amines) is 1. The van der Waals surface area contributed by atoms with Crippen molar-refractivity contribution in [3.63, 3.8) is 0 Å². The number of ether oxygens (including phenoxy) is 2. The molecule has 0 bridgehead atoms. The lowest BCUT2D eigenvalue weighted by Crippen LogP contribution is -2.42. The van der Waals surface area contributed by atoms with E-state index in [1.807, 2.05) is 4.90 Å². The quantitative estimate of drug-likeness (QED) is 0.764. The Bertz CT molecular complexity index is 1010. The number of aliphatic hydroxyl groups is 1. The van der Waals surface area contributed by atoms with Crippen LogP contribution in [0.5, 0.6) is 5.75 Å². The van der Waals surface area contributed by atoms with Gasteiger partial charge in [0.25, 0.3) is 5.91 Å². The number of benzene rings is 2. The highest BCUT2D eigenvalue weighted by Gasteiger charge is 2.44. The second-order valence-electron chi connectivity index (χ2n) is 8.13. The number of amides is 1. The number of carbonyl (C=O) groups is 2. The summed E-state index contributed by atoms with van der Waals surface area (Å²) in [7, 11) is 1.33. The molecule has 1 N–H and O–H groups in total. The van der Waals surface area contributed by atoms with Crippen molar-refractivity contribution in [2.45, 2.75) is 25.0 Å². The summed E-state index contributed by atoms with van der Waals surface area (Å²) in [5.74, 6) is 0.464. The predicted molar refractivity (Wildman–Crippen MR) is 111 cm³/mol. The molecule has 1 aliphatic heterocycles. The maximum absolute atomic E-state index is 12.9. The third kappa shape index (κ3) is 4.39. The van der Waals surface area contributed by atoms with Gasteiger partial charge in [0.05, 0.1) is 30.4 Å². The lowest BCUT2D eigenvalue weighted by molar-refractivity contribution is -0.0231. The van der Waals surface area contributed by atoms with Gasteiger partial charge < -0.3 is 19.5 Å². The fourth-order valence-electron chi connectivity index (χ4n) is 4.54. The van der Waals surface area contributed by atoms with E-state index in [4.69, 9.17) is 14.7 Å². The van der Waals surface area contributed by atoms with Gasteiger partial charge in [-0.3, -0.25) is 4.79 Å². The standard InChI is InChI=1S/C24H24N2O5/c1-30-24(29)17-3-2-4-20(9-17)31-22-11-19-14-26(13-18(19)10-21(22)27)23(28)16-7-5-15(12-25)6-8-16/h2-9,18-19,21-22,27H,10-11,13-14H2,1H3/t18-,19+,21+,22+/m0/s1. The van der Waals surface area contributed by atoms with Crippen LogP contribution in [0.2, 0.25) is 0 Å². The number of rotatable bonds is 4. The minimum atomic E-state index is -0.645. The third-order valence-electron chi connectivity index (χ3n) is 6.18. The Labute approximate surface area is 180 Å². The Hall–Kier alpha value is -3.37. The maximum Gasteiger partial charge on any atom is 0.337 e. The van der Waals surface area contributed by atoms with Crippen LogP contribution in [0.15, 0.2) is 48.5 Å². The Morgan fingerprint density at radius 2 is 1.77 bits per heavy atom. The van der Waals surface area contributed by atoms with Gasteiger partial charge in [-0.05, 0) is 67.1 Å². The van der Waals surface area contributed by atoms with Crippen molar-refractivity contribution in [1.29, 1.82) is 5.26 Å². The molecule has 1 saturated carbocycles. The van der Waals surface area contributed by atoms with Crippen molar-refractivity contribution in [3.8, 4) is 11.8 Å². The summed E-state index contributed by atoms with van der Waals surface area (Å²) in [6.07, 6.45) is 0.140. The van der Waals surface area contributed by atoms with Gasteiger partial charge >= 0.3 is 5.97 Å². The van der Waals surface area contributed by atoms with Crippen molar-refractivity contribution in [3.05, 3.63) is 65.2 Å². The number of hydrogen-bond acceptors (Lipinski definition) is 6. The molecule has 7 nitrogen and oxygen atoms in total. The molecule has 1 saturated heterocycles. The highest BCUT2D eigenvalue weighted by Crippen LogP contribution is 2.38. The minimum Gasteiger partial charge on any atom is -0.488 e. The summed E-state index contributed by atoms with van der Waals surface area (Å²) in [6, 6.07) is 15.4. The lowest BCUT2D eigenvalue weighted by Gasteiger charge is -2.35. The van der Waals surface area contributed by atoms with Gasteiger partial charge in [0, 0.05) is 18.7 Å². The first-order valence-corrected chi connectivity index (χ1v) is 10.3. The van der Waals surface area contributed by atoms with Crippen molar-refractivity contribution >= 4 is 11.9 Å². The molecule has 1 heterocycles. The number of carbonyl (C=O) groups excluding carboxylic acids is 2. The van der Waals surface area contributed by atoms with E-state index in [0.717, 1.165) is 0 Å². The summed E-state index contributed by atoms with van der Waals surface area (Å²) in [5.41, 5.74) is 1.47. The smallest absolute Gasteiger partial charge is 0.337 e. The zero-order valence-corrected chi connectivity index (χ0v) is 17.2. The molecule has 2 aromatic rings. The van der Waals surface area contributed by atoms with Crippen LogP contribution in [0, 0.1) is 23.2 Å². The second kappa shape index (κ2) is 8.78. The minimum absolute atomic E-state index is 0.0587. The second-order valence-corrected chi connectivity index (χ2v) is 8.13. The van der Waals surface area contributed by atoms with E-state index < -0.39 is 18.2 Å². The van der Waals surface area contributed by atoms with Crippen molar-refractivity contribution in [2.75, 3.05) is 20.2 Å². The van der Waals surface area contributed by atoms with Crippen LogP contribution >= 0.6 is 0 Å². The SMILES string of the molecule is COC(=O)c1cccc(O[C@@H]2C[C@@H]3CN(C(=O)c4ccc(C#N)cc4)C[C@@H]3C[C@H]2O)c1. The Morgan fingerprint density at radius 1 is 1.06 bits per heavy atom. The number of methoxy groups -OCH3 is 1. The van der Waals surface area contributed by atoms with Crippen LogP contribution in [-0.4, -0.2) is 54.3 Å². The van der Waals surface area contributed by atoms with Crippen molar-refractivity contribution in [1.82, 2.24) is 4.90 Å². The molecule has 0 radical (unpaired) electrons. The predicted octanol–water partition coefficient (Wildman–Crippen LogP) is 2.64. The number of nitriles is 1.